The van der Waals surface area contributed by atoms with E-state index in [1.165, 1.54) is 0 Å². The highest BCUT2D eigenvalue weighted by Gasteiger charge is 2.12. The fraction of sp³-hybridized carbons (Fsp3) is 0. The number of rotatable bonds is 2. The Morgan fingerprint density at radius 2 is 1.85 bits per heavy atom. The molecule has 0 saturated carbocycles. The molecule has 3 heteroatoms. The number of carbonyl (C=O) groups is 1. The van der Waals surface area contributed by atoms with Gasteiger partial charge in [0, 0.05) is 11.5 Å². The Labute approximate surface area is 115 Å². The van der Waals surface area contributed by atoms with Crippen molar-refractivity contribution in [3.8, 4) is 11.5 Å². The minimum absolute atomic E-state index is 0.116. The van der Waals surface area contributed by atoms with Gasteiger partial charge in [0.1, 0.15) is 11.5 Å². The number of hydrogen-bond acceptors (Lipinski definition) is 3. The summed E-state index contributed by atoms with van der Waals surface area (Å²) in [6.07, 6.45) is 1.09. The zero-order valence-corrected chi connectivity index (χ0v) is 10.7. The SMILES string of the molecule is C=CC(=O)Oc1cccc2cc3ccccc3c(O)c12. The Hall–Kier alpha value is -2.81. The van der Waals surface area contributed by atoms with E-state index >= 15 is 0 Å². The van der Waals surface area contributed by atoms with E-state index in [0.717, 1.165) is 22.2 Å². The van der Waals surface area contributed by atoms with Gasteiger partial charge in [-0.2, -0.15) is 0 Å². The number of aromatic hydroxyl groups is 1. The van der Waals surface area contributed by atoms with Crippen LogP contribution in [0.2, 0.25) is 0 Å². The fourth-order valence-corrected chi connectivity index (χ4v) is 2.30. The van der Waals surface area contributed by atoms with Gasteiger partial charge < -0.3 is 9.84 Å². The average Bonchev–Trinajstić information content (AvgIpc) is 2.47. The van der Waals surface area contributed by atoms with Crippen LogP contribution in [0, 0.1) is 0 Å². The van der Waals surface area contributed by atoms with Crippen molar-refractivity contribution in [2.24, 2.45) is 0 Å². The van der Waals surface area contributed by atoms with Crippen molar-refractivity contribution in [3.05, 3.63) is 61.2 Å². The smallest absolute Gasteiger partial charge is 0.335 e. The number of phenolic OH excluding ortho intramolecular Hbond substituents is 1. The van der Waals surface area contributed by atoms with Gasteiger partial charge in [-0.15, -0.1) is 0 Å². The summed E-state index contributed by atoms with van der Waals surface area (Å²) in [5.41, 5.74) is 0. The lowest BCUT2D eigenvalue weighted by Gasteiger charge is -2.10. The van der Waals surface area contributed by atoms with Crippen molar-refractivity contribution >= 4 is 27.5 Å². The number of esters is 1. The molecular weight excluding hydrogens is 252 g/mol. The Morgan fingerprint density at radius 3 is 2.65 bits per heavy atom. The minimum atomic E-state index is -0.551. The summed E-state index contributed by atoms with van der Waals surface area (Å²) in [5, 5.41) is 13.5. The first-order valence-electron chi connectivity index (χ1n) is 6.18. The van der Waals surface area contributed by atoms with Crippen LogP contribution in [-0.4, -0.2) is 11.1 Å². The second-order valence-corrected chi connectivity index (χ2v) is 4.43. The van der Waals surface area contributed by atoms with E-state index < -0.39 is 5.97 Å². The minimum Gasteiger partial charge on any atom is -0.507 e. The summed E-state index contributed by atoms with van der Waals surface area (Å²) in [6.45, 7) is 3.37. The molecule has 0 unspecified atom stereocenters. The van der Waals surface area contributed by atoms with Crippen molar-refractivity contribution in [3.63, 3.8) is 0 Å². The molecule has 20 heavy (non-hydrogen) atoms. The van der Waals surface area contributed by atoms with Crippen LogP contribution in [0.15, 0.2) is 61.2 Å². The second kappa shape index (κ2) is 4.70. The fourth-order valence-electron chi connectivity index (χ4n) is 2.30. The van der Waals surface area contributed by atoms with E-state index in [9.17, 15) is 9.90 Å². The van der Waals surface area contributed by atoms with Gasteiger partial charge in [0.2, 0.25) is 0 Å². The number of ether oxygens (including phenoxy) is 1. The number of phenols is 1. The van der Waals surface area contributed by atoms with Gasteiger partial charge in [0.05, 0.1) is 5.39 Å². The van der Waals surface area contributed by atoms with Crippen LogP contribution in [0.25, 0.3) is 21.5 Å². The molecule has 0 aliphatic rings. The molecule has 3 aromatic rings. The van der Waals surface area contributed by atoms with E-state index in [-0.39, 0.29) is 5.75 Å². The van der Waals surface area contributed by atoms with Crippen LogP contribution < -0.4 is 4.74 Å². The predicted octanol–water partition coefficient (Wildman–Crippen LogP) is 3.79. The zero-order valence-electron chi connectivity index (χ0n) is 10.7. The van der Waals surface area contributed by atoms with E-state index in [0.29, 0.717) is 11.1 Å². The van der Waals surface area contributed by atoms with E-state index in [4.69, 9.17) is 4.74 Å². The third-order valence-corrected chi connectivity index (χ3v) is 3.20. The molecule has 3 rings (SSSR count). The molecular formula is C17H12O3. The molecule has 3 aromatic carbocycles. The van der Waals surface area contributed by atoms with E-state index in [1.54, 1.807) is 12.1 Å². The highest BCUT2D eigenvalue weighted by Crippen LogP contribution is 2.39. The van der Waals surface area contributed by atoms with E-state index in [2.05, 4.69) is 6.58 Å². The molecule has 0 atom stereocenters. The van der Waals surface area contributed by atoms with Gasteiger partial charge in [-0.05, 0) is 22.9 Å². The Bertz CT molecular complexity index is 834. The summed E-state index contributed by atoms with van der Waals surface area (Å²) >= 11 is 0. The molecule has 0 aliphatic heterocycles. The largest absolute Gasteiger partial charge is 0.507 e. The predicted molar refractivity (Wildman–Crippen MR) is 79.0 cm³/mol. The molecule has 98 valence electrons. The van der Waals surface area contributed by atoms with Crippen molar-refractivity contribution < 1.29 is 14.6 Å². The molecule has 0 aliphatic carbocycles. The van der Waals surface area contributed by atoms with Gasteiger partial charge >= 0.3 is 5.97 Å². The molecule has 0 bridgehead atoms. The van der Waals surface area contributed by atoms with Gasteiger partial charge in [-0.3, -0.25) is 0 Å². The molecule has 0 radical (unpaired) electrons. The third kappa shape index (κ3) is 1.89. The van der Waals surface area contributed by atoms with E-state index in [1.807, 2.05) is 36.4 Å². The molecule has 0 aromatic heterocycles. The first-order chi connectivity index (χ1) is 9.70. The monoisotopic (exact) mass is 264 g/mol. The van der Waals surface area contributed by atoms with Gasteiger partial charge in [0.25, 0.3) is 0 Å². The lowest BCUT2D eigenvalue weighted by Crippen LogP contribution is -2.03. The van der Waals surface area contributed by atoms with Crippen LogP contribution in [0.1, 0.15) is 0 Å². The topological polar surface area (TPSA) is 46.5 Å². The number of benzene rings is 3. The average molecular weight is 264 g/mol. The Balaban J connectivity index is 2.35. The highest BCUT2D eigenvalue weighted by molar-refractivity contribution is 6.08. The number of carbonyl (C=O) groups excluding carboxylic acids is 1. The molecule has 0 fully saturated rings. The highest BCUT2D eigenvalue weighted by atomic mass is 16.5. The first-order valence-corrected chi connectivity index (χ1v) is 6.18. The van der Waals surface area contributed by atoms with Gasteiger partial charge in [-0.1, -0.05) is 43.0 Å². The maximum absolute atomic E-state index is 11.4. The van der Waals surface area contributed by atoms with Gasteiger partial charge in [0.15, 0.2) is 0 Å². The van der Waals surface area contributed by atoms with Crippen LogP contribution in [0.5, 0.6) is 11.5 Å². The standard InChI is InChI=1S/C17H12O3/c1-2-15(18)20-14-9-5-7-12-10-11-6-3-4-8-13(11)17(19)16(12)14/h2-10,19H,1H2. The molecule has 0 spiro atoms. The normalized spacial score (nSPS) is 10.6. The van der Waals surface area contributed by atoms with Crippen molar-refractivity contribution in [2.45, 2.75) is 0 Å². The summed E-state index contributed by atoms with van der Waals surface area (Å²) in [7, 11) is 0. The second-order valence-electron chi connectivity index (χ2n) is 4.43. The Kier molecular flexibility index (Phi) is 2.88. The summed E-state index contributed by atoms with van der Waals surface area (Å²) < 4.78 is 5.19. The third-order valence-electron chi connectivity index (χ3n) is 3.20. The maximum atomic E-state index is 11.4. The number of hydrogen-bond donors (Lipinski definition) is 1. The number of fused-ring (bicyclic) bond motifs is 2. The molecule has 3 nitrogen and oxygen atoms in total. The van der Waals surface area contributed by atoms with Crippen LogP contribution in [-0.2, 0) is 4.79 Å². The molecule has 0 saturated heterocycles. The maximum Gasteiger partial charge on any atom is 0.335 e. The first kappa shape index (κ1) is 12.2. The molecule has 1 N–H and O–H groups in total. The summed E-state index contributed by atoms with van der Waals surface area (Å²) in [6, 6.07) is 14.8. The van der Waals surface area contributed by atoms with Crippen LogP contribution >= 0.6 is 0 Å². The lowest BCUT2D eigenvalue weighted by molar-refractivity contribution is -0.128. The Morgan fingerprint density at radius 1 is 1.10 bits per heavy atom. The summed E-state index contributed by atoms with van der Waals surface area (Å²) in [4.78, 5) is 11.4. The van der Waals surface area contributed by atoms with Crippen molar-refractivity contribution in [1.82, 2.24) is 0 Å². The lowest BCUT2D eigenvalue weighted by atomic mass is 10.0. The van der Waals surface area contributed by atoms with Crippen LogP contribution in [0.4, 0.5) is 0 Å². The van der Waals surface area contributed by atoms with Crippen LogP contribution in [0.3, 0.4) is 0 Å². The zero-order chi connectivity index (χ0) is 14.1. The summed E-state index contributed by atoms with van der Waals surface area (Å²) in [5.74, 6) is -0.105. The molecule has 0 heterocycles. The quantitative estimate of drug-likeness (QED) is 0.331. The van der Waals surface area contributed by atoms with Crippen molar-refractivity contribution in [2.75, 3.05) is 0 Å². The van der Waals surface area contributed by atoms with Gasteiger partial charge in [-0.25, -0.2) is 4.79 Å². The molecule has 0 amide bonds. The van der Waals surface area contributed by atoms with Crippen molar-refractivity contribution in [1.29, 1.82) is 0 Å².